The maximum atomic E-state index is 5.94. The van der Waals surface area contributed by atoms with Gasteiger partial charge in [0.25, 0.3) is 0 Å². The first kappa shape index (κ1) is 16.6. The quantitative estimate of drug-likeness (QED) is 0.767. The molecule has 2 rings (SSSR count). The number of rotatable bonds is 7. The summed E-state index contributed by atoms with van der Waals surface area (Å²) in [6.45, 7) is 14.4. The highest BCUT2D eigenvalue weighted by molar-refractivity contribution is 5.20. The number of piperidine rings is 1. The molecule has 0 aliphatic carbocycles. The van der Waals surface area contributed by atoms with E-state index in [1.807, 2.05) is 0 Å². The smallest absolute Gasteiger partial charge is 0.118 e. The average Bonchev–Trinajstić information content (AvgIpc) is 2.82. The lowest BCUT2D eigenvalue weighted by atomic mass is 9.78. The van der Waals surface area contributed by atoms with Gasteiger partial charge < -0.3 is 9.73 Å². The zero-order chi connectivity index (χ0) is 15.3. The van der Waals surface area contributed by atoms with Gasteiger partial charge in [0.15, 0.2) is 0 Å². The van der Waals surface area contributed by atoms with Gasteiger partial charge in [0, 0.05) is 12.1 Å². The van der Waals surface area contributed by atoms with Crippen LogP contribution in [0.2, 0.25) is 0 Å². The van der Waals surface area contributed by atoms with Crippen molar-refractivity contribution in [3.8, 4) is 0 Å². The molecule has 2 heterocycles. The highest BCUT2D eigenvalue weighted by atomic mass is 16.3. The lowest BCUT2D eigenvalue weighted by Gasteiger charge is -2.38. The molecule has 0 spiro atoms. The number of likely N-dealkylation sites (tertiary alicyclic amines) is 1. The molecule has 0 bridgehead atoms. The fourth-order valence-electron chi connectivity index (χ4n) is 3.07. The summed E-state index contributed by atoms with van der Waals surface area (Å²) < 4.78 is 5.94. The van der Waals surface area contributed by atoms with E-state index in [2.05, 4.69) is 44.0 Å². The molecule has 1 fully saturated rings. The van der Waals surface area contributed by atoms with Crippen LogP contribution in [0.1, 0.15) is 63.5 Å². The summed E-state index contributed by atoms with van der Waals surface area (Å²) >= 11 is 0. The van der Waals surface area contributed by atoms with Crippen LogP contribution in [0.4, 0.5) is 0 Å². The molecule has 0 aromatic carbocycles. The van der Waals surface area contributed by atoms with Crippen LogP contribution in [0.3, 0.4) is 0 Å². The zero-order valence-corrected chi connectivity index (χ0v) is 14.3. The summed E-state index contributed by atoms with van der Waals surface area (Å²) in [7, 11) is 0. The van der Waals surface area contributed by atoms with Crippen LogP contribution >= 0.6 is 0 Å². The molecule has 0 unspecified atom stereocenters. The molecular formula is C18H32N2O. The Labute approximate surface area is 130 Å². The van der Waals surface area contributed by atoms with Crippen molar-refractivity contribution in [3.05, 3.63) is 23.2 Å². The maximum absolute atomic E-state index is 5.94. The van der Waals surface area contributed by atoms with Gasteiger partial charge in [0.05, 0.1) is 6.54 Å². The van der Waals surface area contributed by atoms with Crippen LogP contribution in [-0.2, 0) is 13.1 Å². The summed E-state index contributed by atoms with van der Waals surface area (Å²) in [6, 6.07) is 2.24. The van der Waals surface area contributed by atoms with Crippen molar-refractivity contribution in [2.45, 2.75) is 66.5 Å². The minimum atomic E-state index is 0.560. The average molecular weight is 292 g/mol. The van der Waals surface area contributed by atoms with Gasteiger partial charge in [0.1, 0.15) is 11.5 Å². The van der Waals surface area contributed by atoms with E-state index in [-0.39, 0.29) is 0 Å². The van der Waals surface area contributed by atoms with Crippen LogP contribution < -0.4 is 5.32 Å². The summed E-state index contributed by atoms with van der Waals surface area (Å²) in [6.07, 6.45) is 5.10. The molecule has 21 heavy (non-hydrogen) atoms. The molecule has 1 aliphatic heterocycles. The van der Waals surface area contributed by atoms with Gasteiger partial charge in [-0.05, 0) is 57.3 Å². The SMILES string of the molecule is CCCNCc1cc(CN2CCC(C)(CC)CC2)oc1C. The minimum absolute atomic E-state index is 0.560. The van der Waals surface area contributed by atoms with E-state index in [0.29, 0.717) is 5.41 Å². The molecular weight excluding hydrogens is 260 g/mol. The van der Waals surface area contributed by atoms with Gasteiger partial charge >= 0.3 is 0 Å². The maximum Gasteiger partial charge on any atom is 0.118 e. The first-order valence-electron chi connectivity index (χ1n) is 8.57. The Balaban J connectivity index is 1.85. The Hall–Kier alpha value is -0.800. The van der Waals surface area contributed by atoms with Gasteiger partial charge in [0.2, 0.25) is 0 Å². The molecule has 3 nitrogen and oxygen atoms in total. The fourth-order valence-corrected chi connectivity index (χ4v) is 3.07. The number of aryl methyl sites for hydroxylation is 1. The van der Waals surface area contributed by atoms with E-state index in [4.69, 9.17) is 4.42 Å². The molecule has 1 saturated heterocycles. The zero-order valence-electron chi connectivity index (χ0n) is 14.3. The van der Waals surface area contributed by atoms with Gasteiger partial charge in [-0.25, -0.2) is 0 Å². The first-order chi connectivity index (χ1) is 10.1. The molecule has 1 aliphatic rings. The van der Waals surface area contributed by atoms with Crippen LogP contribution in [0.15, 0.2) is 10.5 Å². The van der Waals surface area contributed by atoms with E-state index in [1.165, 1.54) is 44.3 Å². The van der Waals surface area contributed by atoms with E-state index < -0.39 is 0 Å². The molecule has 1 N–H and O–H groups in total. The van der Waals surface area contributed by atoms with Gasteiger partial charge in [-0.2, -0.15) is 0 Å². The topological polar surface area (TPSA) is 28.4 Å². The van der Waals surface area contributed by atoms with Crippen LogP contribution in [0.25, 0.3) is 0 Å². The van der Waals surface area contributed by atoms with Crippen molar-refractivity contribution in [2.24, 2.45) is 5.41 Å². The molecule has 1 aromatic rings. The van der Waals surface area contributed by atoms with Crippen molar-refractivity contribution in [1.82, 2.24) is 10.2 Å². The van der Waals surface area contributed by atoms with E-state index in [0.717, 1.165) is 31.2 Å². The van der Waals surface area contributed by atoms with E-state index in [9.17, 15) is 0 Å². The number of nitrogens with one attached hydrogen (secondary N) is 1. The van der Waals surface area contributed by atoms with Crippen molar-refractivity contribution in [3.63, 3.8) is 0 Å². The standard InChI is InChI=1S/C18H32N2O/c1-5-9-19-13-16-12-17(21-15(16)3)14-20-10-7-18(4,6-2)8-11-20/h12,19H,5-11,13-14H2,1-4H3. The summed E-state index contributed by atoms with van der Waals surface area (Å²) in [5.74, 6) is 2.20. The molecule has 0 saturated carbocycles. The van der Waals surface area contributed by atoms with Gasteiger partial charge in [-0.3, -0.25) is 4.90 Å². The minimum Gasteiger partial charge on any atom is -0.465 e. The first-order valence-corrected chi connectivity index (χ1v) is 8.57. The van der Waals surface area contributed by atoms with Gasteiger partial charge in [-0.1, -0.05) is 27.2 Å². The third-order valence-corrected chi connectivity index (χ3v) is 5.11. The third kappa shape index (κ3) is 4.58. The van der Waals surface area contributed by atoms with Crippen molar-refractivity contribution in [1.29, 1.82) is 0 Å². The highest BCUT2D eigenvalue weighted by Crippen LogP contribution is 2.34. The Morgan fingerprint density at radius 3 is 2.62 bits per heavy atom. The number of furan rings is 1. The molecule has 120 valence electrons. The Bertz CT molecular complexity index is 430. The lowest BCUT2D eigenvalue weighted by Crippen LogP contribution is -2.37. The molecule has 3 heteroatoms. The normalized spacial score (nSPS) is 19.0. The summed E-state index contributed by atoms with van der Waals surface area (Å²) in [4.78, 5) is 2.54. The van der Waals surface area contributed by atoms with E-state index >= 15 is 0 Å². The lowest BCUT2D eigenvalue weighted by molar-refractivity contribution is 0.104. The van der Waals surface area contributed by atoms with Crippen molar-refractivity contribution in [2.75, 3.05) is 19.6 Å². The summed E-state index contributed by atoms with van der Waals surface area (Å²) in [5, 5.41) is 3.45. The van der Waals surface area contributed by atoms with E-state index in [1.54, 1.807) is 0 Å². The van der Waals surface area contributed by atoms with Crippen LogP contribution in [0, 0.1) is 12.3 Å². The molecule has 0 atom stereocenters. The van der Waals surface area contributed by atoms with Crippen molar-refractivity contribution < 1.29 is 4.42 Å². The third-order valence-electron chi connectivity index (χ3n) is 5.11. The Kier molecular flexibility index (Phi) is 5.88. The predicted molar refractivity (Wildman–Crippen MR) is 88.4 cm³/mol. The second-order valence-electron chi connectivity index (χ2n) is 6.91. The van der Waals surface area contributed by atoms with Crippen LogP contribution in [0.5, 0.6) is 0 Å². The van der Waals surface area contributed by atoms with Crippen molar-refractivity contribution >= 4 is 0 Å². The number of hydrogen-bond donors (Lipinski definition) is 1. The summed E-state index contributed by atoms with van der Waals surface area (Å²) in [5.41, 5.74) is 1.87. The number of hydrogen-bond acceptors (Lipinski definition) is 3. The van der Waals surface area contributed by atoms with Crippen LogP contribution in [-0.4, -0.2) is 24.5 Å². The number of nitrogens with zero attached hydrogens (tertiary/aromatic N) is 1. The Morgan fingerprint density at radius 2 is 2.00 bits per heavy atom. The molecule has 1 aromatic heterocycles. The van der Waals surface area contributed by atoms with Gasteiger partial charge in [-0.15, -0.1) is 0 Å². The Morgan fingerprint density at radius 1 is 1.29 bits per heavy atom. The predicted octanol–water partition coefficient (Wildman–Crippen LogP) is 4.10. The largest absolute Gasteiger partial charge is 0.465 e. The highest BCUT2D eigenvalue weighted by Gasteiger charge is 2.28. The monoisotopic (exact) mass is 292 g/mol. The molecule has 0 amide bonds. The molecule has 0 radical (unpaired) electrons. The fraction of sp³-hybridized carbons (Fsp3) is 0.778. The second kappa shape index (κ2) is 7.46. The second-order valence-corrected chi connectivity index (χ2v) is 6.91.